The normalized spacial score (nSPS) is 10.4. The summed E-state index contributed by atoms with van der Waals surface area (Å²) >= 11 is 2.20. The molecular weight excluding hydrogens is 507 g/mol. The molecule has 8 nitrogen and oxygen atoms in total. The van der Waals surface area contributed by atoms with E-state index in [2.05, 4.69) is 43.3 Å². The molecule has 1 aromatic heterocycles. The Morgan fingerprint density at radius 2 is 1.35 bits per heavy atom. The average molecular weight is 524 g/mol. The Labute approximate surface area is 192 Å². The molecule has 0 aliphatic heterocycles. The van der Waals surface area contributed by atoms with Crippen molar-refractivity contribution in [3.8, 4) is 0 Å². The van der Waals surface area contributed by atoms with Gasteiger partial charge in [-0.15, -0.1) is 0 Å². The third kappa shape index (κ3) is 4.89. The molecule has 2 N–H and O–H groups in total. The first kappa shape index (κ1) is 20.5. The number of nitro groups is 1. The van der Waals surface area contributed by atoms with Crippen LogP contribution in [0, 0.1) is 13.7 Å². The predicted octanol–water partition coefficient (Wildman–Crippen LogP) is 5.90. The van der Waals surface area contributed by atoms with Crippen molar-refractivity contribution >= 4 is 57.0 Å². The van der Waals surface area contributed by atoms with Gasteiger partial charge in [0.05, 0.1) is 16.3 Å². The first-order valence-corrected chi connectivity index (χ1v) is 10.4. The zero-order valence-corrected chi connectivity index (χ0v) is 18.3. The minimum Gasteiger partial charge on any atom is -0.334 e. The van der Waals surface area contributed by atoms with Crippen molar-refractivity contribution in [3.63, 3.8) is 0 Å². The third-order valence-corrected chi connectivity index (χ3v) is 5.08. The van der Waals surface area contributed by atoms with Gasteiger partial charge in [0.1, 0.15) is 6.33 Å². The van der Waals surface area contributed by atoms with Crippen LogP contribution in [-0.2, 0) is 0 Å². The van der Waals surface area contributed by atoms with Crippen LogP contribution in [-0.4, -0.2) is 14.9 Å². The van der Waals surface area contributed by atoms with Crippen LogP contribution in [0.1, 0.15) is 0 Å². The molecule has 0 bridgehead atoms. The van der Waals surface area contributed by atoms with Gasteiger partial charge in [-0.2, -0.15) is 0 Å². The second kappa shape index (κ2) is 9.39. The van der Waals surface area contributed by atoms with E-state index < -0.39 is 4.92 Å². The molecular formula is C22H17IN6O2. The fourth-order valence-corrected chi connectivity index (χ4v) is 3.29. The second-order valence-corrected chi connectivity index (χ2v) is 7.67. The van der Waals surface area contributed by atoms with Crippen LogP contribution in [0.2, 0.25) is 0 Å². The molecule has 9 heteroatoms. The monoisotopic (exact) mass is 524 g/mol. The van der Waals surface area contributed by atoms with E-state index in [9.17, 15) is 10.1 Å². The Bertz CT molecular complexity index is 1130. The maximum Gasteiger partial charge on any atom is 0.355 e. The molecule has 4 aromatic rings. The lowest BCUT2D eigenvalue weighted by Gasteiger charge is -2.26. The quantitative estimate of drug-likeness (QED) is 0.177. The largest absolute Gasteiger partial charge is 0.355 e. The Hall–Kier alpha value is -3.73. The van der Waals surface area contributed by atoms with Crippen molar-refractivity contribution < 1.29 is 4.92 Å². The standard InChI is InChI=1S/C22H17IN6O2/c23-16-11-13-17(14-12-16)26-21-20(29(30)31)22(25-15-24-21)27-28(18-7-3-1-4-8-18)19-9-5-2-6-10-19/h1-15H,(H2,24,25,26,27). The van der Waals surface area contributed by atoms with Gasteiger partial charge < -0.3 is 5.32 Å². The highest BCUT2D eigenvalue weighted by atomic mass is 127. The summed E-state index contributed by atoms with van der Waals surface area (Å²) in [6.07, 6.45) is 1.29. The summed E-state index contributed by atoms with van der Waals surface area (Å²) in [5.41, 5.74) is 5.13. The maximum absolute atomic E-state index is 12.0. The fraction of sp³-hybridized carbons (Fsp3) is 0. The number of anilines is 5. The molecule has 0 fully saturated rings. The van der Waals surface area contributed by atoms with Crippen LogP contribution < -0.4 is 15.8 Å². The first-order chi connectivity index (χ1) is 15.1. The van der Waals surface area contributed by atoms with E-state index in [0.717, 1.165) is 14.9 Å². The molecule has 3 aromatic carbocycles. The lowest BCUT2D eigenvalue weighted by atomic mass is 10.2. The Morgan fingerprint density at radius 1 is 0.806 bits per heavy atom. The van der Waals surface area contributed by atoms with Gasteiger partial charge in [-0.25, -0.2) is 9.97 Å². The van der Waals surface area contributed by atoms with Gasteiger partial charge in [-0.1, -0.05) is 36.4 Å². The Kier molecular flexibility index (Phi) is 6.22. The lowest BCUT2D eigenvalue weighted by molar-refractivity contribution is -0.383. The fourth-order valence-electron chi connectivity index (χ4n) is 2.93. The second-order valence-electron chi connectivity index (χ2n) is 6.43. The van der Waals surface area contributed by atoms with Gasteiger partial charge in [-0.05, 0) is 71.1 Å². The van der Waals surface area contributed by atoms with Crippen molar-refractivity contribution in [2.24, 2.45) is 0 Å². The average Bonchev–Trinajstić information content (AvgIpc) is 2.80. The Balaban J connectivity index is 1.74. The molecule has 0 saturated heterocycles. The molecule has 1 heterocycles. The number of rotatable bonds is 7. The molecule has 0 amide bonds. The first-order valence-electron chi connectivity index (χ1n) is 9.30. The van der Waals surface area contributed by atoms with Crippen LogP contribution in [0.3, 0.4) is 0 Å². The minimum absolute atomic E-state index is 0.0701. The zero-order chi connectivity index (χ0) is 21.6. The molecule has 0 spiro atoms. The molecule has 0 unspecified atom stereocenters. The topological polar surface area (TPSA) is 96.2 Å². The number of nitrogens with one attached hydrogen (secondary N) is 2. The van der Waals surface area contributed by atoms with E-state index in [1.807, 2.05) is 84.9 Å². The number of nitrogens with zero attached hydrogens (tertiary/aromatic N) is 4. The third-order valence-electron chi connectivity index (χ3n) is 4.36. The molecule has 0 atom stereocenters. The highest BCUT2D eigenvalue weighted by Crippen LogP contribution is 2.34. The lowest BCUT2D eigenvalue weighted by Crippen LogP contribution is -2.26. The van der Waals surface area contributed by atoms with E-state index in [0.29, 0.717) is 5.69 Å². The van der Waals surface area contributed by atoms with Crippen molar-refractivity contribution in [1.29, 1.82) is 0 Å². The summed E-state index contributed by atoms with van der Waals surface area (Å²) in [7, 11) is 0. The number of hydrogen-bond acceptors (Lipinski definition) is 7. The van der Waals surface area contributed by atoms with E-state index in [1.54, 1.807) is 5.01 Å². The van der Waals surface area contributed by atoms with Crippen molar-refractivity contribution in [3.05, 3.63) is 105 Å². The van der Waals surface area contributed by atoms with Gasteiger partial charge in [0.25, 0.3) is 0 Å². The maximum atomic E-state index is 12.0. The SMILES string of the molecule is O=[N+]([O-])c1c(Nc2ccc(I)cc2)ncnc1NN(c1ccccc1)c1ccccc1. The summed E-state index contributed by atoms with van der Waals surface area (Å²) in [5, 5.41) is 16.7. The summed E-state index contributed by atoms with van der Waals surface area (Å²) in [6.45, 7) is 0. The number of para-hydroxylation sites is 2. The van der Waals surface area contributed by atoms with E-state index >= 15 is 0 Å². The molecule has 0 saturated carbocycles. The van der Waals surface area contributed by atoms with E-state index in [1.165, 1.54) is 6.33 Å². The highest BCUT2D eigenvalue weighted by Gasteiger charge is 2.25. The molecule has 0 radical (unpaired) electrons. The summed E-state index contributed by atoms with van der Waals surface area (Å²) in [5.74, 6) is 0.172. The molecule has 4 rings (SSSR count). The molecule has 154 valence electrons. The number of hydrogen-bond donors (Lipinski definition) is 2. The van der Waals surface area contributed by atoms with Crippen molar-refractivity contribution in [2.75, 3.05) is 15.8 Å². The summed E-state index contributed by atoms with van der Waals surface area (Å²) < 4.78 is 1.06. The summed E-state index contributed by atoms with van der Waals surface area (Å²) in [6, 6.07) is 26.5. The van der Waals surface area contributed by atoms with Gasteiger partial charge in [0.2, 0.25) is 11.6 Å². The van der Waals surface area contributed by atoms with Gasteiger partial charge in [0.15, 0.2) is 0 Å². The number of benzene rings is 3. The van der Waals surface area contributed by atoms with Gasteiger partial charge in [0, 0.05) is 9.26 Å². The highest BCUT2D eigenvalue weighted by molar-refractivity contribution is 14.1. The van der Waals surface area contributed by atoms with Crippen LogP contribution in [0.4, 0.5) is 34.4 Å². The van der Waals surface area contributed by atoms with Crippen molar-refractivity contribution in [1.82, 2.24) is 9.97 Å². The van der Waals surface area contributed by atoms with Crippen LogP contribution in [0.25, 0.3) is 0 Å². The summed E-state index contributed by atoms with van der Waals surface area (Å²) in [4.78, 5) is 19.7. The molecule has 0 aliphatic carbocycles. The minimum atomic E-state index is -0.495. The number of aromatic nitrogens is 2. The van der Waals surface area contributed by atoms with Crippen molar-refractivity contribution in [2.45, 2.75) is 0 Å². The van der Waals surface area contributed by atoms with E-state index in [-0.39, 0.29) is 17.3 Å². The van der Waals surface area contributed by atoms with Gasteiger partial charge in [-0.3, -0.25) is 20.5 Å². The van der Waals surface area contributed by atoms with Gasteiger partial charge >= 0.3 is 5.69 Å². The van der Waals surface area contributed by atoms with E-state index in [4.69, 9.17) is 0 Å². The number of hydrazine groups is 1. The predicted molar refractivity (Wildman–Crippen MR) is 130 cm³/mol. The Morgan fingerprint density at radius 3 is 1.90 bits per heavy atom. The molecule has 31 heavy (non-hydrogen) atoms. The smallest absolute Gasteiger partial charge is 0.334 e. The van der Waals surface area contributed by atoms with Crippen LogP contribution in [0.15, 0.2) is 91.3 Å². The molecule has 0 aliphatic rings. The number of halogens is 1. The van der Waals surface area contributed by atoms with Crippen LogP contribution in [0.5, 0.6) is 0 Å². The van der Waals surface area contributed by atoms with Crippen LogP contribution >= 0.6 is 22.6 Å². The zero-order valence-electron chi connectivity index (χ0n) is 16.1.